The predicted octanol–water partition coefficient (Wildman–Crippen LogP) is 4.33. The van der Waals surface area contributed by atoms with Gasteiger partial charge in [0, 0.05) is 24.7 Å². The van der Waals surface area contributed by atoms with Crippen LogP contribution in [0.3, 0.4) is 0 Å². The smallest absolute Gasteiger partial charge is 0.322 e. The Labute approximate surface area is 176 Å². The van der Waals surface area contributed by atoms with Gasteiger partial charge in [0.25, 0.3) is 0 Å². The van der Waals surface area contributed by atoms with Crippen LogP contribution in [0.2, 0.25) is 0 Å². The Bertz CT molecular complexity index is 1010. The molecule has 0 saturated carbocycles. The summed E-state index contributed by atoms with van der Waals surface area (Å²) in [5, 5.41) is 6.48. The number of nitrogens with zero attached hydrogens (tertiary/aromatic N) is 1. The van der Waals surface area contributed by atoms with Crippen LogP contribution in [0.5, 0.6) is 5.75 Å². The molecule has 0 aliphatic carbocycles. The number of benzene rings is 3. The summed E-state index contributed by atoms with van der Waals surface area (Å²) in [6, 6.07) is 27.0. The number of rotatable bonds is 4. The van der Waals surface area contributed by atoms with Crippen LogP contribution in [-0.2, 0) is 0 Å². The molecule has 2 N–H and O–H groups in total. The van der Waals surface area contributed by atoms with E-state index < -0.39 is 0 Å². The molecule has 2 aliphatic rings. The number of carbonyl (C=O) groups is 1. The van der Waals surface area contributed by atoms with Crippen molar-refractivity contribution < 1.29 is 9.53 Å². The number of amides is 2. The Morgan fingerprint density at radius 3 is 2.17 bits per heavy atom. The van der Waals surface area contributed by atoms with E-state index in [1.807, 2.05) is 35.2 Å². The van der Waals surface area contributed by atoms with Crippen LogP contribution in [0.15, 0.2) is 78.9 Å². The summed E-state index contributed by atoms with van der Waals surface area (Å²) in [5.41, 5.74) is 4.53. The summed E-state index contributed by atoms with van der Waals surface area (Å²) in [7, 11) is 1.63. The van der Waals surface area contributed by atoms with Gasteiger partial charge in [-0.3, -0.25) is 0 Å². The summed E-state index contributed by atoms with van der Waals surface area (Å²) in [4.78, 5) is 14.9. The molecule has 2 bridgehead atoms. The molecule has 0 aromatic heterocycles. The number of hydrogen-bond donors (Lipinski definition) is 2. The van der Waals surface area contributed by atoms with Crippen LogP contribution in [0.4, 0.5) is 10.5 Å². The first-order chi connectivity index (χ1) is 14.7. The highest BCUT2D eigenvalue weighted by atomic mass is 16.5. The SMILES string of the molecule is COc1ccc(NC(=O)N2[C@@H]3CNC[C@H]2C3c2ccc(-c3ccccc3)cc2)cc1. The van der Waals surface area contributed by atoms with E-state index in [0.717, 1.165) is 24.5 Å². The van der Waals surface area contributed by atoms with Crippen molar-refractivity contribution in [2.75, 3.05) is 25.5 Å². The van der Waals surface area contributed by atoms with Gasteiger partial charge in [0.1, 0.15) is 5.75 Å². The molecule has 3 aromatic carbocycles. The normalized spacial score (nSPS) is 22.2. The summed E-state index contributed by atoms with van der Waals surface area (Å²) < 4.78 is 5.18. The molecular formula is C25H25N3O2. The standard InChI is InChI=1S/C25H25N3O2/c1-30-21-13-11-20(12-14-21)27-25(29)28-22-15-26-16-23(28)24(22)19-9-7-18(8-10-19)17-5-3-2-4-6-17/h2-14,22-24,26H,15-16H2,1H3,(H,27,29)/t22-,23+,24?. The summed E-state index contributed by atoms with van der Waals surface area (Å²) in [5.74, 6) is 1.15. The van der Waals surface area contributed by atoms with E-state index in [-0.39, 0.29) is 18.1 Å². The molecule has 2 saturated heterocycles. The monoisotopic (exact) mass is 399 g/mol. The number of hydrogen-bond acceptors (Lipinski definition) is 3. The minimum absolute atomic E-state index is 0.0335. The molecule has 2 fully saturated rings. The number of urea groups is 1. The number of ether oxygens (including phenoxy) is 1. The summed E-state index contributed by atoms with van der Waals surface area (Å²) in [6.07, 6.45) is 0. The van der Waals surface area contributed by atoms with Gasteiger partial charge in [-0.25, -0.2) is 4.79 Å². The van der Waals surface area contributed by atoms with Crippen LogP contribution in [0.1, 0.15) is 11.5 Å². The first kappa shape index (κ1) is 18.7. The molecule has 1 unspecified atom stereocenters. The van der Waals surface area contributed by atoms with E-state index >= 15 is 0 Å². The van der Waals surface area contributed by atoms with Crippen LogP contribution >= 0.6 is 0 Å². The number of piperidine rings is 1. The number of carbonyl (C=O) groups excluding carboxylic acids is 1. The average molecular weight is 399 g/mol. The zero-order valence-corrected chi connectivity index (χ0v) is 16.9. The highest BCUT2D eigenvalue weighted by Crippen LogP contribution is 2.43. The van der Waals surface area contributed by atoms with E-state index in [0.29, 0.717) is 5.92 Å². The van der Waals surface area contributed by atoms with Gasteiger partial charge >= 0.3 is 6.03 Å². The molecule has 5 heteroatoms. The van der Waals surface area contributed by atoms with Crippen LogP contribution < -0.4 is 15.4 Å². The zero-order chi connectivity index (χ0) is 20.5. The van der Waals surface area contributed by atoms with Crippen molar-refractivity contribution in [1.82, 2.24) is 10.2 Å². The Balaban J connectivity index is 1.30. The maximum absolute atomic E-state index is 12.9. The predicted molar refractivity (Wildman–Crippen MR) is 119 cm³/mol. The highest BCUT2D eigenvalue weighted by Gasteiger charge is 2.53. The zero-order valence-electron chi connectivity index (χ0n) is 16.9. The van der Waals surface area contributed by atoms with Crippen molar-refractivity contribution in [3.63, 3.8) is 0 Å². The number of nitrogens with one attached hydrogen (secondary N) is 2. The Morgan fingerprint density at radius 2 is 1.53 bits per heavy atom. The second-order valence-electron chi connectivity index (χ2n) is 7.87. The lowest BCUT2D eigenvalue weighted by atomic mass is 9.72. The second-order valence-corrected chi connectivity index (χ2v) is 7.87. The second kappa shape index (κ2) is 7.84. The van der Waals surface area contributed by atoms with E-state index in [1.54, 1.807) is 7.11 Å². The van der Waals surface area contributed by atoms with Crippen molar-refractivity contribution in [2.45, 2.75) is 18.0 Å². The van der Waals surface area contributed by atoms with Crippen molar-refractivity contribution in [3.8, 4) is 16.9 Å². The van der Waals surface area contributed by atoms with Gasteiger partial charge in [-0.1, -0.05) is 54.6 Å². The van der Waals surface area contributed by atoms with E-state index in [1.165, 1.54) is 16.7 Å². The van der Waals surface area contributed by atoms with Gasteiger partial charge < -0.3 is 20.3 Å². The number of methoxy groups -OCH3 is 1. The Kier molecular flexibility index (Phi) is 4.89. The quantitative estimate of drug-likeness (QED) is 0.686. The molecule has 2 amide bonds. The first-order valence-electron chi connectivity index (χ1n) is 10.3. The molecule has 30 heavy (non-hydrogen) atoms. The lowest BCUT2D eigenvalue weighted by Crippen LogP contribution is -2.74. The lowest BCUT2D eigenvalue weighted by Gasteiger charge is -2.59. The molecule has 5 nitrogen and oxygen atoms in total. The fourth-order valence-electron chi connectivity index (χ4n) is 4.71. The minimum Gasteiger partial charge on any atom is -0.497 e. The number of fused-ring (bicyclic) bond motifs is 2. The van der Waals surface area contributed by atoms with Crippen molar-refractivity contribution in [1.29, 1.82) is 0 Å². The molecule has 0 spiro atoms. The molecule has 5 rings (SSSR count). The maximum atomic E-state index is 12.9. The topological polar surface area (TPSA) is 53.6 Å². The third kappa shape index (κ3) is 3.31. The van der Waals surface area contributed by atoms with Gasteiger partial charge in [-0.2, -0.15) is 0 Å². The van der Waals surface area contributed by atoms with Crippen LogP contribution in [0.25, 0.3) is 11.1 Å². The molecular weight excluding hydrogens is 374 g/mol. The molecule has 2 aliphatic heterocycles. The molecule has 0 radical (unpaired) electrons. The molecule has 152 valence electrons. The number of piperazine rings is 1. The fourth-order valence-corrected chi connectivity index (χ4v) is 4.71. The van der Waals surface area contributed by atoms with Crippen LogP contribution in [-0.4, -0.2) is 43.2 Å². The maximum Gasteiger partial charge on any atom is 0.322 e. The van der Waals surface area contributed by atoms with Gasteiger partial charge in [-0.05, 0) is 41.0 Å². The number of anilines is 1. The molecule has 2 heterocycles. The van der Waals surface area contributed by atoms with Gasteiger partial charge in [0.2, 0.25) is 0 Å². The average Bonchev–Trinajstić information content (AvgIpc) is 2.81. The van der Waals surface area contributed by atoms with E-state index in [4.69, 9.17) is 4.74 Å². The Hall–Kier alpha value is -3.31. The van der Waals surface area contributed by atoms with E-state index in [2.05, 4.69) is 59.2 Å². The van der Waals surface area contributed by atoms with Gasteiger partial charge in [-0.15, -0.1) is 0 Å². The van der Waals surface area contributed by atoms with E-state index in [9.17, 15) is 4.79 Å². The van der Waals surface area contributed by atoms with Gasteiger partial charge in [0.05, 0.1) is 19.2 Å². The molecule has 3 aromatic rings. The van der Waals surface area contributed by atoms with Crippen molar-refractivity contribution in [3.05, 3.63) is 84.4 Å². The lowest BCUT2D eigenvalue weighted by molar-refractivity contribution is 0.00202. The highest BCUT2D eigenvalue weighted by molar-refractivity contribution is 5.91. The summed E-state index contributed by atoms with van der Waals surface area (Å²) in [6.45, 7) is 1.63. The largest absolute Gasteiger partial charge is 0.497 e. The third-order valence-corrected chi connectivity index (χ3v) is 6.23. The third-order valence-electron chi connectivity index (χ3n) is 6.23. The van der Waals surface area contributed by atoms with Crippen molar-refractivity contribution >= 4 is 11.7 Å². The van der Waals surface area contributed by atoms with Crippen LogP contribution in [0, 0.1) is 0 Å². The minimum atomic E-state index is -0.0335. The van der Waals surface area contributed by atoms with Crippen molar-refractivity contribution in [2.24, 2.45) is 0 Å². The summed E-state index contributed by atoms with van der Waals surface area (Å²) >= 11 is 0. The molecule has 3 atom stereocenters. The first-order valence-corrected chi connectivity index (χ1v) is 10.3. The Morgan fingerprint density at radius 1 is 0.900 bits per heavy atom. The van der Waals surface area contributed by atoms with Gasteiger partial charge in [0.15, 0.2) is 0 Å². The fraction of sp³-hybridized carbons (Fsp3) is 0.240.